The van der Waals surface area contributed by atoms with Crippen molar-refractivity contribution in [3.8, 4) is 0 Å². The van der Waals surface area contributed by atoms with E-state index in [9.17, 15) is 18.0 Å². The fraction of sp³-hybridized carbons (Fsp3) is 0.429. The van der Waals surface area contributed by atoms with Gasteiger partial charge in [0.1, 0.15) is 6.04 Å². The average molecular weight is 329 g/mol. The molecule has 122 valence electrons. The first kappa shape index (κ1) is 18.1. The second-order valence-corrected chi connectivity index (χ2v) is 6.29. The van der Waals surface area contributed by atoms with E-state index in [1.807, 2.05) is 6.92 Å². The summed E-state index contributed by atoms with van der Waals surface area (Å²) < 4.78 is 35.2. The smallest absolute Gasteiger partial charge is 0.328 e. The number of esters is 1. The molecular formula is C14H19NO6S. The Kier molecular flexibility index (Phi) is 6.51. The molecule has 0 saturated heterocycles. The number of carbonyl (C=O) groups is 2. The van der Waals surface area contributed by atoms with Gasteiger partial charge in [0.05, 0.1) is 12.4 Å². The molecule has 1 rings (SSSR count). The molecular weight excluding hydrogens is 310 g/mol. The molecule has 0 fully saturated rings. The number of ether oxygens (including phenoxy) is 1. The number of aryl methyl sites for hydroxylation is 1. The third-order valence-electron chi connectivity index (χ3n) is 2.85. The Bertz CT molecular complexity index is 623. The van der Waals surface area contributed by atoms with Crippen LogP contribution in [-0.4, -0.2) is 43.2 Å². The lowest BCUT2D eigenvalue weighted by molar-refractivity contribution is -0.145. The van der Waals surface area contributed by atoms with Crippen molar-refractivity contribution in [2.75, 3.05) is 12.4 Å². The fourth-order valence-corrected chi connectivity index (χ4v) is 2.24. The van der Waals surface area contributed by atoms with E-state index in [1.54, 1.807) is 31.2 Å². The number of nitrogens with one attached hydrogen (secondary N) is 1. The first-order chi connectivity index (χ1) is 10.2. The van der Waals surface area contributed by atoms with Crippen LogP contribution in [0.1, 0.15) is 29.3 Å². The highest BCUT2D eigenvalue weighted by Crippen LogP contribution is 2.06. The van der Waals surface area contributed by atoms with Crippen molar-refractivity contribution in [3.05, 3.63) is 35.4 Å². The lowest BCUT2D eigenvalue weighted by Crippen LogP contribution is -2.43. The van der Waals surface area contributed by atoms with Gasteiger partial charge in [-0.2, -0.15) is 8.42 Å². The SMILES string of the molecule is CCOC(=O)[C@H](CCS(=O)(=O)O)NC(=O)c1ccc(C)cc1. The summed E-state index contributed by atoms with van der Waals surface area (Å²) in [5, 5.41) is 2.42. The summed E-state index contributed by atoms with van der Waals surface area (Å²) in [7, 11) is -4.23. The van der Waals surface area contributed by atoms with Crippen LogP contribution >= 0.6 is 0 Å². The molecule has 2 N–H and O–H groups in total. The molecule has 22 heavy (non-hydrogen) atoms. The highest BCUT2D eigenvalue weighted by Gasteiger charge is 2.24. The highest BCUT2D eigenvalue weighted by atomic mass is 32.2. The van der Waals surface area contributed by atoms with E-state index in [-0.39, 0.29) is 13.0 Å². The van der Waals surface area contributed by atoms with Crippen LogP contribution in [-0.2, 0) is 19.6 Å². The summed E-state index contributed by atoms with van der Waals surface area (Å²) in [5.74, 6) is -1.91. The van der Waals surface area contributed by atoms with Gasteiger partial charge in [0.2, 0.25) is 0 Å². The Morgan fingerprint density at radius 3 is 2.36 bits per heavy atom. The predicted octanol–water partition coefficient (Wildman–Crippen LogP) is 0.934. The van der Waals surface area contributed by atoms with Crippen molar-refractivity contribution < 1.29 is 27.3 Å². The molecule has 7 nitrogen and oxygen atoms in total. The van der Waals surface area contributed by atoms with Gasteiger partial charge in [0.25, 0.3) is 16.0 Å². The van der Waals surface area contributed by atoms with Crippen molar-refractivity contribution in [3.63, 3.8) is 0 Å². The molecule has 1 atom stereocenters. The number of carbonyl (C=O) groups excluding carboxylic acids is 2. The summed E-state index contributed by atoms with van der Waals surface area (Å²) in [6.45, 7) is 3.57. The van der Waals surface area contributed by atoms with Gasteiger partial charge in [-0.1, -0.05) is 17.7 Å². The van der Waals surface area contributed by atoms with E-state index < -0.39 is 33.8 Å². The molecule has 0 aliphatic carbocycles. The third-order valence-corrected chi connectivity index (χ3v) is 3.61. The van der Waals surface area contributed by atoms with Crippen LogP contribution in [0, 0.1) is 6.92 Å². The van der Waals surface area contributed by atoms with Gasteiger partial charge in [0, 0.05) is 5.56 Å². The lowest BCUT2D eigenvalue weighted by atomic mass is 10.1. The molecule has 1 aromatic rings. The number of hydrogen-bond acceptors (Lipinski definition) is 5. The molecule has 0 heterocycles. The Hall–Kier alpha value is -1.93. The molecule has 1 amide bonds. The molecule has 0 aromatic heterocycles. The Labute approximate surface area is 129 Å². The van der Waals surface area contributed by atoms with Gasteiger partial charge in [-0.3, -0.25) is 9.35 Å². The molecule has 0 bridgehead atoms. The summed E-state index contributed by atoms with van der Waals surface area (Å²) >= 11 is 0. The van der Waals surface area contributed by atoms with Gasteiger partial charge >= 0.3 is 5.97 Å². The summed E-state index contributed by atoms with van der Waals surface area (Å²) in [6, 6.07) is 5.53. The van der Waals surface area contributed by atoms with E-state index in [1.165, 1.54) is 0 Å². The highest BCUT2D eigenvalue weighted by molar-refractivity contribution is 7.85. The van der Waals surface area contributed by atoms with Gasteiger partial charge < -0.3 is 10.1 Å². The average Bonchev–Trinajstić information content (AvgIpc) is 2.43. The van der Waals surface area contributed by atoms with Gasteiger partial charge in [-0.05, 0) is 32.4 Å². The predicted molar refractivity (Wildman–Crippen MR) is 80.1 cm³/mol. The summed E-state index contributed by atoms with van der Waals surface area (Å²) in [5.41, 5.74) is 1.32. The third kappa shape index (κ3) is 6.23. The maximum atomic E-state index is 12.1. The lowest BCUT2D eigenvalue weighted by Gasteiger charge is -2.16. The first-order valence-electron chi connectivity index (χ1n) is 6.72. The van der Waals surface area contributed by atoms with Crippen LogP contribution in [0.4, 0.5) is 0 Å². The molecule has 0 saturated carbocycles. The second-order valence-electron chi connectivity index (χ2n) is 4.72. The number of benzene rings is 1. The standard InChI is InChI=1S/C14H19NO6S/c1-3-21-14(17)12(8-9-22(18,19)20)15-13(16)11-6-4-10(2)5-7-11/h4-7,12H,3,8-9H2,1-2H3,(H,15,16)(H,18,19,20)/t12-/m0/s1. The van der Waals surface area contributed by atoms with Crippen LogP contribution in [0.5, 0.6) is 0 Å². The minimum Gasteiger partial charge on any atom is -0.464 e. The van der Waals surface area contributed by atoms with Gasteiger partial charge in [-0.25, -0.2) is 4.79 Å². The monoisotopic (exact) mass is 329 g/mol. The van der Waals surface area contributed by atoms with Crippen LogP contribution in [0.3, 0.4) is 0 Å². The Morgan fingerprint density at radius 1 is 1.27 bits per heavy atom. The topological polar surface area (TPSA) is 110 Å². The van der Waals surface area contributed by atoms with Crippen LogP contribution in [0.25, 0.3) is 0 Å². The number of hydrogen-bond donors (Lipinski definition) is 2. The first-order valence-corrected chi connectivity index (χ1v) is 8.33. The minimum absolute atomic E-state index is 0.0988. The van der Waals surface area contributed by atoms with Crippen molar-refractivity contribution >= 4 is 22.0 Å². The normalized spacial score (nSPS) is 12.5. The van der Waals surface area contributed by atoms with Crippen LogP contribution < -0.4 is 5.32 Å². The molecule has 0 aliphatic heterocycles. The zero-order valence-electron chi connectivity index (χ0n) is 12.4. The molecule has 1 aromatic carbocycles. The molecule has 0 aliphatic rings. The van der Waals surface area contributed by atoms with E-state index >= 15 is 0 Å². The van der Waals surface area contributed by atoms with E-state index in [4.69, 9.17) is 9.29 Å². The molecule has 0 radical (unpaired) electrons. The maximum Gasteiger partial charge on any atom is 0.328 e. The number of amides is 1. The summed E-state index contributed by atoms with van der Waals surface area (Å²) in [4.78, 5) is 23.8. The van der Waals surface area contributed by atoms with Crippen molar-refractivity contribution in [2.24, 2.45) is 0 Å². The summed E-state index contributed by atoms with van der Waals surface area (Å²) in [6.07, 6.45) is -0.269. The Balaban J connectivity index is 2.80. The van der Waals surface area contributed by atoms with Crippen molar-refractivity contribution in [1.29, 1.82) is 0 Å². The maximum absolute atomic E-state index is 12.1. The quantitative estimate of drug-likeness (QED) is 0.569. The zero-order chi connectivity index (χ0) is 16.8. The molecule has 0 unspecified atom stereocenters. The zero-order valence-corrected chi connectivity index (χ0v) is 13.2. The minimum atomic E-state index is -4.23. The Morgan fingerprint density at radius 2 is 1.86 bits per heavy atom. The van der Waals surface area contributed by atoms with Gasteiger partial charge in [-0.15, -0.1) is 0 Å². The van der Waals surface area contributed by atoms with Crippen LogP contribution in [0.2, 0.25) is 0 Å². The van der Waals surface area contributed by atoms with Crippen molar-refractivity contribution in [2.45, 2.75) is 26.3 Å². The molecule has 0 spiro atoms. The van der Waals surface area contributed by atoms with E-state index in [0.717, 1.165) is 5.56 Å². The van der Waals surface area contributed by atoms with E-state index in [2.05, 4.69) is 5.32 Å². The second kappa shape index (κ2) is 7.90. The number of rotatable bonds is 7. The van der Waals surface area contributed by atoms with Crippen molar-refractivity contribution in [1.82, 2.24) is 5.32 Å². The van der Waals surface area contributed by atoms with Gasteiger partial charge in [0.15, 0.2) is 0 Å². The van der Waals surface area contributed by atoms with E-state index in [0.29, 0.717) is 5.56 Å². The molecule has 8 heteroatoms. The largest absolute Gasteiger partial charge is 0.464 e. The fourth-order valence-electron chi connectivity index (χ4n) is 1.71. The van der Waals surface area contributed by atoms with Crippen LogP contribution in [0.15, 0.2) is 24.3 Å².